The van der Waals surface area contributed by atoms with Gasteiger partial charge in [-0.05, 0) is 71.9 Å². The van der Waals surface area contributed by atoms with Crippen LogP contribution >= 0.6 is 0 Å². The average molecular weight is 531 g/mol. The van der Waals surface area contributed by atoms with Gasteiger partial charge >= 0.3 is 0 Å². The van der Waals surface area contributed by atoms with Crippen molar-refractivity contribution in [1.82, 2.24) is 8.61 Å². The van der Waals surface area contributed by atoms with Gasteiger partial charge in [-0.15, -0.1) is 0 Å². The molecule has 0 bridgehead atoms. The molecule has 5 rings (SSSR count). The lowest BCUT2D eigenvalue weighted by molar-refractivity contribution is 0.104. The van der Waals surface area contributed by atoms with E-state index in [0.29, 0.717) is 48.4 Å². The Labute approximate surface area is 214 Å². The van der Waals surface area contributed by atoms with Crippen molar-refractivity contribution in [3.8, 4) is 11.1 Å². The summed E-state index contributed by atoms with van der Waals surface area (Å²) in [7, 11) is -7.48. The Balaban J connectivity index is 1.47. The smallest absolute Gasteiger partial charge is 0.243 e. The summed E-state index contributed by atoms with van der Waals surface area (Å²) in [6.07, 6.45) is 1.98. The zero-order valence-corrected chi connectivity index (χ0v) is 22.9. The summed E-state index contributed by atoms with van der Waals surface area (Å²) < 4.78 is 56.6. The van der Waals surface area contributed by atoms with E-state index in [1.807, 2.05) is 0 Å². The molecule has 1 aliphatic carbocycles. The molecular formula is C27H34N2O5S2. The monoisotopic (exact) mass is 530 g/mol. The molecule has 2 aliphatic heterocycles. The zero-order valence-electron chi connectivity index (χ0n) is 21.3. The third-order valence-electron chi connectivity index (χ3n) is 7.71. The zero-order chi connectivity index (χ0) is 26.0. The SMILES string of the molecule is C[C@@H]1C[C@@H](C)CN(S(=O)(=O)c2ccc3c(c2)C(=O)c2cc(S(=O)(=O)N4C[C@H](C)C[C@@H](C)C4)ccc2-3)C1. The summed E-state index contributed by atoms with van der Waals surface area (Å²) in [4.78, 5) is 13.6. The summed E-state index contributed by atoms with van der Waals surface area (Å²) in [5.74, 6) is 0.755. The van der Waals surface area contributed by atoms with Crippen molar-refractivity contribution in [3.05, 3.63) is 47.5 Å². The number of hydrogen-bond donors (Lipinski definition) is 0. The summed E-state index contributed by atoms with van der Waals surface area (Å²) in [5.41, 5.74) is 1.88. The molecular weight excluding hydrogens is 496 g/mol. The maximum atomic E-state index is 13.4. The highest BCUT2D eigenvalue weighted by Crippen LogP contribution is 2.40. The van der Waals surface area contributed by atoms with Crippen LogP contribution in [0.15, 0.2) is 46.2 Å². The van der Waals surface area contributed by atoms with E-state index >= 15 is 0 Å². The maximum Gasteiger partial charge on any atom is 0.243 e. The summed E-state index contributed by atoms with van der Waals surface area (Å²) in [6, 6.07) is 9.37. The molecule has 0 aromatic heterocycles. The Bertz CT molecular complexity index is 1310. The molecule has 2 fully saturated rings. The van der Waals surface area contributed by atoms with Gasteiger partial charge in [-0.1, -0.05) is 39.8 Å². The van der Waals surface area contributed by atoms with Crippen LogP contribution in [0.3, 0.4) is 0 Å². The molecule has 0 N–H and O–H groups in total. The third-order valence-corrected chi connectivity index (χ3v) is 11.4. The highest BCUT2D eigenvalue weighted by molar-refractivity contribution is 7.89. The first kappa shape index (κ1) is 25.6. The van der Waals surface area contributed by atoms with Crippen LogP contribution in [-0.2, 0) is 20.0 Å². The molecule has 3 aliphatic rings. The topological polar surface area (TPSA) is 91.8 Å². The van der Waals surface area contributed by atoms with Crippen molar-refractivity contribution in [1.29, 1.82) is 0 Å². The van der Waals surface area contributed by atoms with Gasteiger partial charge in [0.25, 0.3) is 0 Å². The highest BCUT2D eigenvalue weighted by atomic mass is 32.2. The van der Waals surface area contributed by atoms with E-state index in [0.717, 1.165) is 12.8 Å². The number of benzene rings is 2. The lowest BCUT2D eigenvalue weighted by Crippen LogP contribution is -2.42. The van der Waals surface area contributed by atoms with Crippen LogP contribution in [0, 0.1) is 23.7 Å². The van der Waals surface area contributed by atoms with Gasteiger partial charge in [-0.3, -0.25) is 4.79 Å². The fourth-order valence-corrected chi connectivity index (χ4v) is 9.67. The van der Waals surface area contributed by atoms with Gasteiger partial charge < -0.3 is 0 Å². The molecule has 36 heavy (non-hydrogen) atoms. The van der Waals surface area contributed by atoms with E-state index in [9.17, 15) is 21.6 Å². The second-order valence-corrected chi connectivity index (χ2v) is 15.2. The van der Waals surface area contributed by atoms with E-state index in [1.165, 1.54) is 20.7 Å². The van der Waals surface area contributed by atoms with Gasteiger partial charge in [0.05, 0.1) is 9.79 Å². The quantitative estimate of drug-likeness (QED) is 0.503. The predicted molar refractivity (Wildman–Crippen MR) is 139 cm³/mol. The Hall–Kier alpha value is -2.07. The van der Waals surface area contributed by atoms with Crippen LogP contribution in [0.1, 0.15) is 56.5 Å². The largest absolute Gasteiger partial charge is 0.289 e. The number of ketones is 1. The average Bonchev–Trinajstić information content (AvgIpc) is 3.09. The normalized spacial score (nSPS) is 27.6. The molecule has 0 radical (unpaired) electrons. The summed E-state index contributed by atoms with van der Waals surface area (Å²) >= 11 is 0. The Morgan fingerprint density at radius 1 is 0.583 bits per heavy atom. The molecule has 0 saturated carbocycles. The second-order valence-electron chi connectivity index (χ2n) is 11.3. The van der Waals surface area contributed by atoms with E-state index in [4.69, 9.17) is 0 Å². The minimum absolute atomic E-state index is 0.104. The van der Waals surface area contributed by atoms with Crippen molar-refractivity contribution < 1.29 is 21.6 Å². The lowest BCUT2D eigenvalue weighted by atomic mass is 9.94. The van der Waals surface area contributed by atoms with Crippen LogP contribution in [0.25, 0.3) is 11.1 Å². The lowest BCUT2D eigenvalue weighted by Gasteiger charge is -2.34. The fraction of sp³-hybridized carbons (Fsp3) is 0.519. The standard InChI is InChI=1S/C27H34N2O5S2/c1-17-9-18(2)14-28(13-17)35(31,32)21-5-7-23-24-8-6-22(12-26(24)27(30)25(23)11-21)36(33,34)29-15-19(3)10-20(4)16-29/h5-8,11-12,17-20H,9-10,13-16H2,1-4H3/t17-,18-,19-,20-/m1/s1. The van der Waals surface area contributed by atoms with Gasteiger partial charge in [-0.2, -0.15) is 8.61 Å². The molecule has 0 unspecified atom stereocenters. The van der Waals surface area contributed by atoms with Crippen molar-refractivity contribution in [3.63, 3.8) is 0 Å². The molecule has 2 aromatic carbocycles. The van der Waals surface area contributed by atoms with Crippen molar-refractivity contribution in [2.24, 2.45) is 23.7 Å². The number of piperidine rings is 2. The fourth-order valence-electron chi connectivity index (χ4n) is 6.26. The number of hydrogen-bond acceptors (Lipinski definition) is 5. The van der Waals surface area contributed by atoms with Crippen LogP contribution in [0.2, 0.25) is 0 Å². The number of carbonyl (C=O) groups excluding carboxylic acids is 1. The minimum Gasteiger partial charge on any atom is -0.289 e. The van der Waals surface area contributed by atoms with Crippen LogP contribution in [0.5, 0.6) is 0 Å². The Morgan fingerprint density at radius 3 is 1.25 bits per heavy atom. The molecule has 2 heterocycles. The number of carbonyl (C=O) groups is 1. The number of rotatable bonds is 4. The van der Waals surface area contributed by atoms with Gasteiger partial charge in [0.2, 0.25) is 20.0 Å². The molecule has 2 aromatic rings. The number of fused-ring (bicyclic) bond motifs is 3. The van der Waals surface area contributed by atoms with E-state index in [-0.39, 0.29) is 39.2 Å². The van der Waals surface area contributed by atoms with E-state index < -0.39 is 20.0 Å². The first-order valence-corrected chi connectivity index (χ1v) is 15.6. The van der Waals surface area contributed by atoms with Gasteiger partial charge in [0.1, 0.15) is 0 Å². The molecule has 9 heteroatoms. The van der Waals surface area contributed by atoms with Gasteiger partial charge in [0, 0.05) is 37.3 Å². The third kappa shape index (κ3) is 4.34. The second kappa shape index (κ2) is 9.04. The number of nitrogens with zero attached hydrogens (tertiary/aromatic N) is 2. The van der Waals surface area contributed by atoms with Gasteiger partial charge in [0.15, 0.2) is 5.78 Å². The summed E-state index contributed by atoms with van der Waals surface area (Å²) in [5, 5.41) is 0. The van der Waals surface area contributed by atoms with Gasteiger partial charge in [-0.25, -0.2) is 16.8 Å². The van der Waals surface area contributed by atoms with E-state index in [1.54, 1.807) is 24.3 Å². The van der Waals surface area contributed by atoms with Crippen molar-refractivity contribution >= 4 is 25.8 Å². The molecule has 0 spiro atoms. The van der Waals surface area contributed by atoms with Crippen LogP contribution in [0.4, 0.5) is 0 Å². The maximum absolute atomic E-state index is 13.4. The minimum atomic E-state index is -3.74. The van der Waals surface area contributed by atoms with Crippen molar-refractivity contribution in [2.75, 3.05) is 26.2 Å². The highest BCUT2D eigenvalue weighted by Gasteiger charge is 2.36. The first-order chi connectivity index (χ1) is 16.9. The molecule has 7 nitrogen and oxygen atoms in total. The summed E-state index contributed by atoms with van der Waals surface area (Å²) in [6.45, 7) is 10.1. The van der Waals surface area contributed by atoms with Crippen LogP contribution in [-0.4, -0.2) is 57.4 Å². The van der Waals surface area contributed by atoms with Crippen LogP contribution < -0.4 is 0 Å². The molecule has 4 atom stereocenters. The molecule has 194 valence electrons. The Morgan fingerprint density at radius 2 is 0.917 bits per heavy atom. The molecule has 0 amide bonds. The van der Waals surface area contributed by atoms with Crippen molar-refractivity contribution in [2.45, 2.75) is 50.3 Å². The van der Waals surface area contributed by atoms with E-state index in [2.05, 4.69) is 27.7 Å². The number of sulfonamides is 2. The molecule has 2 saturated heterocycles. The Kier molecular flexibility index (Phi) is 6.42. The predicted octanol–water partition coefficient (Wildman–Crippen LogP) is 4.23. The first-order valence-electron chi connectivity index (χ1n) is 12.7.